The summed E-state index contributed by atoms with van der Waals surface area (Å²) in [5.74, 6) is -0.116. The molecule has 1 aliphatic rings. The zero-order valence-electron chi connectivity index (χ0n) is 12.2. The van der Waals surface area contributed by atoms with Gasteiger partial charge in [-0.3, -0.25) is 4.79 Å². The summed E-state index contributed by atoms with van der Waals surface area (Å²) in [5, 5.41) is 1.34. The number of fused-ring (bicyclic) bond motifs is 3. The number of hydrogen-bond acceptors (Lipinski definition) is 2. The maximum atomic E-state index is 11.4. The van der Waals surface area contributed by atoms with Crippen molar-refractivity contribution in [2.75, 3.05) is 7.11 Å². The van der Waals surface area contributed by atoms with Crippen LogP contribution < -0.4 is 0 Å². The van der Waals surface area contributed by atoms with Gasteiger partial charge in [0.2, 0.25) is 0 Å². The van der Waals surface area contributed by atoms with Crippen molar-refractivity contribution in [3.05, 3.63) is 35.5 Å². The van der Waals surface area contributed by atoms with E-state index in [-0.39, 0.29) is 11.4 Å². The molecule has 0 fully saturated rings. The summed E-state index contributed by atoms with van der Waals surface area (Å²) >= 11 is 0. The highest BCUT2D eigenvalue weighted by Gasteiger charge is 2.34. The number of benzene rings is 1. The molecule has 0 amide bonds. The van der Waals surface area contributed by atoms with E-state index in [1.54, 1.807) is 0 Å². The minimum absolute atomic E-state index is 0.0563. The molecule has 0 radical (unpaired) electrons. The van der Waals surface area contributed by atoms with Crippen LogP contribution in [0.25, 0.3) is 10.9 Å². The first-order valence-electron chi connectivity index (χ1n) is 7.31. The van der Waals surface area contributed by atoms with Crippen LogP contribution in [0.3, 0.4) is 0 Å². The van der Waals surface area contributed by atoms with Crippen LogP contribution in [0.2, 0.25) is 0 Å². The highest BCUT2D eigenvalue weighted by molar-refractivity contribution is 5.85. The van der Waals surface area contributed by atoms with Crippen molar-refractivity contribution in [1.29, 1.82) is 0 Å². The molecule has 1 aromatic carbocycles. The average Bonchev–Trinajstić information content (AvgIpc) is 2.86. The van der Waals surface area contributed by atoms with E-state index >= 15 is 0 Å². The summed E-state index contributed by atoms with van der Waals surface area (Å²) in [6.45, 7) is 2.27. The summed E-state index contributed by atoms with van der Waals surface area (Å²) in [6.07, 6.45) is 4.78. The molecule has 0 saturated carbocycles. The van der Waals surface area contributed by atoms with E-state index in [1.807, 2.05) is 0 Å². The molecular weight excluding hydrogens is 250 g/mol. The van der Waals surface area contributed by atoms with Gasteiger partial charge in [-0.05, 0) is 37.3 Å². The Bertz CT molecular complexity index is 643. The number of aryl methyl sites for hydroxylation is 1. The number of nitrogens with one attached hydrogen (secondary N) is 1. The first kappa shape index (κ1) is 13.2. The highest BCUT2D eigenvalue weighted by Crippen LogP contribution is 2.42. The third-order valence-corrected chi connectivity index (χ3v) is 4.68. The van der Waals surface area contributed by atoms with Crippen LogP contribution in [-0.4, -0.2) is 18.1 Å². The van der Waals surface area contributed by atoms with Gasteiger partial charge in [-0.1, -0.05) is 25.1 Å². The van der Waals surface area contributed by atoms with Crippen LogP contribution in [0.15, 0.2) is 24.3 Å². The van der Waals surface area contributed by atoms with Gasteiger partial charge in [0.1, 0.15) is 0 Å². The number of esters is 1. The fourth-order valence-electron chi connectivity index (χ4n) is 3.49. The highest BCUT2D eigenvalue weighted by atomic mass is 16.5. The summed E-state index contributed by atoms with van der Waals surface area (Å²) in [4.78, 5) is 15.0. The number of carbonyl (C=O) groups excluding carboxylic acids is 1. The largest absolute Gasteiger partial charge is 0.469 e. The molecule has 3 heteroatoms. The lowest BCUT2D eigenvalue weighted by Crippen LogP contribution is -2.28. The van der Waals surface area contributed by atoms with Crippen molar-refractivity contribution in [3.8, 4) is 0 Å². The predicted molar refractivity (Wildman–Crippen MR) is 79.8 cm³/mol. The number of aromatic amines is 1. The van der Waals surface area contributed by atoms with E-state index in [0.29, 0.717) is 6.42 Å². The fraction of sp³-hybridized carbons (Fsp3) is 0.471. The zero-order valence-corrected chi connectivity index (χ0v) is 12.2. The Hall–Kier alpha value is -1.77. The molecule has 0 saturated heterocycles. The van der Waals surface area contributed by atoms with Gasteiger partial charge < -0.3 is 9.72 Å². The third-order valence-electron chi connectivity index (χ3n) is 4.68. The molecule has 1 atom stereocenters. The number of hydrogen-bond donors (Lipinski definition) is 1. The van der Waals surface area contributed by atoms with Crippen molar-refractivity contribution >= 4 is 16.9 Å². The Balaban J connectivity index is 1.98. The number of ether oxygens (including phenoxy) is 1. The van der Waals surface area contributed by atoms with E-state index in [9.17, 15) is 4.79 Å². The molecule has 1 aliphatic carbocycles. The Kier molecular flexibility index (Phi) is 3.28. The molecule has 2 aromatic rings. The van der Waals surface area contributed by atoms with Crippen LogP contribution in [-0.2, 0) is 21.4 Å². The van der Waals surface area contributed by atoms with E-state index in [2.05, 4.69) is 36.2 Å². The number of aromatic nitrogens is 1. The number of para-hydroxylation sites is 1. The Morgan fingerprint density at radius 3 is 3.00 bits per heavy atom. The standard InChI is InChI=1S/C17H21NO2/c1-17(11-9-15(19)20-2)10-5-7-13-12-6-3-4-8-14(12)18-16(13)17/h3-4,6,8,18H,5,7,9-11H2,1-2H3/t17-/m0/s1. The molecule has 0 aliphatic heterocycles. The summed E-state index contributed by atoms with van der Waals surface area (Å²) < 4.78 is 4.78. The number of methoxy groups -OCH3 is 1. The summed E-state index contributed by atoms with van der Waals surface area (Å²) in [7, 11) is 1.46. The predicted octanol–water partition coefficient (Wildman–Crippen LogP) is 3.72. The average molecular weight is 271 g/mol. The van der Waals surface area contributed by atoms with Gasteiger partial charge in [0.05, 0.1) is 7.11 Å². The van der Waals surface area contributed by atoms with Gasteiger partial charge in [-0.2, -0.15) is 0 Å². The normalized spacial score (nSPS) is 21.7. The van der Waals surface area contributed by atoms with Crippen LogP contribution in [0.5, 0.6) is 0 Å². The van der Waals surface area contributed by atoms with Crippen LogP contribution in [0.4, 0.5) is 0 Å². The number of carbonyl (C=O) groups is 1. The monoisotopic (exact) mass is 271 g/mol. The number of H-pyrrole nitrogens is 1. The lowest BCUT2D eigenvalue weighted by Gasteiger charge is -2.33. The molecule has 0 bridgehead atoms. The van der Waals surface area contributed by atoms with E-state index in [0.717, 1.165) is 19.3 Å². The van der Waals surface area contributed by atoms with Crippen LogP contribution in [0, 0.1) is 0 Å². The van der Waals surface area contributed by atoms with Crippen molar-refractivity contribution in [2.45, 2.75) is 44.4 Å². The molecule has 1 heterocycles. The van der Waals surface area contributed by atoms with Gasteiger partial charge in [0.25, 0.3) is 0 Å². The first-order valence-corrected chi connectivity index (χ1v) is 7.31. The van der Waals surface area contributed by atoms with Crippen molar-refractivity contribution in [1.82, 2.24) is 4.98 Å². The van der Waals surface area contributed by atoms with Gasteiger partial charge in [-0.25, -0.2) is 0 Å². The fourth-order valence-corrected chi connectivity index (χ4v) is 3.49. The summed E-state index contributed by atoms with van der Waals surface area (Å²) in [5.41, 5.74) is 4.04. The molecule has 0 spiro atoms. The van der Waals surface area contributed by atoms with E-state index in [4.69, 9.17) is 4.74 Å². The maximum absolute atomic E-state index is 11.4. The molecular formula is C17H21NO2. The lowest BCUT2D eigenvalue weighted by atomic mass is 9.72. The second-order valence-electron chi connectivity index (χ2n) is 6.01. The zero-order chi connectivity index (χ0) is 14.2. The molecule has 3 rings (SSSR count). The molecule has 1 aromatic heterocycles. The first-order chi connectivity index (χ1) is 9.64. The van der Waals surface area contributed by atoms with Crippen molar-refractivity contribution < 1.29 is 9.53 Å². The maximum Gasteiger partial charge on any atom is 0.305 e. The Morgan fingerprint density at radius 2 is 2.20 bits per heavy atom. The lowest BCUT2D eigenvalue weighted by molar-refractivity contribution is -0.141. The molecule has 20 heavy (non-hydrogen) atoms. The third kappa shape index (κ3) is 2.11. The van der Waals surface area contributed by atoms with Crippen molar-refractivity contribution in [2.24, 2.45) is 0 Å². The second kappa shape index (κ2) is 4.97. The minimum Gasteiger partial charge on any atom is -0.469 e. The van der Waals surface area contributed by atoms with E-state index in [1.165, 1.54) is 35.7 Å². The van der Waals surface area contributed by atoms with Crippen LogP contribution in [0.1, 0.15) is 43.9 Å². The molecule has 0 unspecified atom stereocenters. The van der Waals surface area contributed by atoms with Crippen LogP contribution >= 0.6 is 0 Å². The minimum atomic E-state index is -0.116. The molecule has 1 N–H and O–H groups in total. The van der Waals surface area contributed by atoms with Gasteiger partial charge in [0, 0.05) is 28.4 Å². The van der Waals surface area contributed by atoms with Gasteiger partial charge in [-0.15, -0.1) is 0 Å². The molecule has 106 valence electrons. The second-order valence-corrected chi connectivity index (χ2v) is 6.01. The Labute approximate surface area is 119 Å². The Morgan fingerprint density at radius 1 is 1.40 bits per heavy atom. The quantitative estimate of drug-likeness (QED) is 0.865. The van der Waals surface area contributed by atoms with Gasteiger partial charge in [0.15, 0.2) is 0 Å². The van der Waals surface area contributed by atoms with Gasteiger partial charge >= 0.3 is 5.97 Å². The number of rotatable bonds is 3. The molecule has 3 nitrogen and oxygen atoms in total. The summed E-state index contributed by atoms with van der Waals surface area (Å²) in [6, 6.07) is 8.48. The van der Waals surface area contributed by atoms with E-state index < -0.39 is 0 Å². The SMILES string of the molecule is COC(=O)CC[C@]1(C)CCCc2c1[nH]c1ccccc21. The smallest absolute Gasteiger partial charge is 0.305 e. The van der Waals surface area contributed by atoms with Crippen molar-refractivity contribution in [3.63, 3.8) is 0 Å². The topological polar surface area (TPSA) is 42.1 Å².